The van der Waals surface area contributed by atoms with Crippen molar-refractivity contribution in [2.24, 2.45) is 0 Å². The molecule has 2 aromatic rings. The maximum absolute atomic E-state index is 12.7. The van der Waals surface area contributed by atoms with Crippen LogP contribution in [-0.2, 0) is 6.18 Å². The molecule has 0 unspecified atom stereocenters. The van der Waals surface area contributed by atoms with Crippen LogP contribution in [0.3, 0.4) is 0 Å². The van der Waals surface area contributed by atoms with Crippen LogP contribution in [0.4, 0.5) is 30.6 Å². The zero-order chi connectivity index (χ0) is 18.0. The van der Waals surface area contributed by atoms with Gasteiger partial charge in [-0.05, 0) is 50.5 Å². The minimum atomic E-state index is -4.33. The summed E-state index contributed by atoms with van der Waals surface area (Å²) in [5.41, 5.74) is 0.858. The lowest BCUT2D eigenvalue weighted by Crippen LogP contribution is -2.16. The van der Waals surface area contributed by atoms with Gasteiger partial charge in [0.1, 0.15) is 5.82 Å². The van der Waals surface area contributed by atoms with Crippen molar-refractivity contribution in [2.45, 2.75) is 51.2 Å². The van der Waals surface area contributed by atoms with E-state index in [2.05, 4.69) is 34.4 Å². The SMILES string of the molecule is CC[C@@H](C)Nc1nc(Nc2ccc(C(F)(F)F)cc2)cc(C2CC2)n1. The first kappa shape index (κ1) is 17.5. The van der Waals surface area contributed by atoms with Crippen LogP contribution in [0, 0.1) is 0 Å². The molecule has 0 saturated heterocycles. The highest BCUT2D eigenvalue weighted by Crippen LogP contribution is 2.40. The van der Waals surface area contributed by atoms with Crippen molar-refractivity contribution in [1.82, 2.24) is 9.97 Å². The third kappa shape index (κ3) is 4.61. The summed E-state index contributed by atoms with van der Waals surface area (Å²) in [6.45, 7) is 4.12. The van der Waals surface area contributed by atoms with Gasteiger partial charge in [0.05, 0.1) is 11.3 Å². The van der Waals surface area contributed by atoms with Crippen LogP contribution in [0.2, 0.25) is 0 Å². The summed E-state index contributed by atoms with van der Waals surface area (Å²) in [5.74, 6) is 1.59. The summed E-state index contributed by atoms with van der Waals surface area (Å²) in [5, 5.41) is 6.34. The molecule has 1 aromatic carbocycles. The molecule has 7 heteroatoms. The Labute approximate surface area is 144 Å². The van der Waals surface area contributed by atoms with Crippen molar-refractivity contribution in [3.05, 3.63) is 41.6 Å². The molecule has 0 radical (unpaired) electrons. The Kier molecular flexibility index (Phi) is 4.83. The van der Waals surface area contributed by atoms with Gasteiger partial charge in [0.15, 0.2) is 0 Å². The first-order valence-electron chi connectivity index (χ1n) is 8.45. The Hall–Kier alpha value is -2.31. The Morgan fingerprint density at radius 3 is 2.40 bits per heavy atom. The number of anilines is 3. The van der Waals surface area contributed by atoms with E-state index in [0.717, 1.165) is 37.1 Å². The van der Waals surface area contributed by atoms with Crippen LogP contribution >= 0.6 is 0 Å². The number of aromatic nitrogens is 2. The summed E-state index contributed by atoms with van der Waals surface area (Å²) in [4.78, 5) is 9.00. The van der Waals surface area contributed by atoms with E-state index in [4.69, 9.17) is 0 Å². The molecular formula is C18H21F3N4. The van der Waals surface area contributed by atoms with Crippen LogP contribution in [0.25, 0.3) is 0 Å². The van der Waals surface area contributed by atoms with Gasteiger partial charge in [-0.15, -0.1) is 0 Å². The van der Waals surface area contributed by atoms with Gasteiger partial charge in [-0.25, -0.2) is 4.98 Å². The predicted molar refractivity (Wildman–Crippen MR) is 92.1 cm³/mol. The van der Waals surface area contributed by atoms with Crippen molar-refractivity contribution in [1.29, 1.82) is 0 Å². The standard InChI is InChI=1S/C18H21F3N4/c1-3-11(2)22-17-24-15(12-4-5-12)10-16(25-17)23-14-8-6-13(7-9-14)18(19,20)21/h6-12H,3-5H2,1-2H3,(H2,22,23,24,25)/t11-/m1/s1. The van der Waals surface area contributed by atoms with Gasteiger partial charge in [0.2, 0.25) is 5.95 Å². The minimum Gasteiger partial charge on any atom is -0.352 e. The normalized spacial score (nSPS) is 15.7. The van der Waals surface area contributed by atoms with Gasteiger partial charge in [-0.3, -0.25) is 0 Å². The van der Waals surface area contributed by atoms with Crippen LogP contribution in [0.5, 0.6) is 0 Å². The minimum absolute atomic E-state index is 0.244. The average molecular weight is 350 g/mol. The van der Waals surface area contributed by atoms with Gasteiger partial charge in [0, 0.05) is 23.7 Å². The topological polar surface area (TPSA) is 49.8 Å². The fourth-order valence-corrected chi connectivity index (χ4v) is 2.40. The molecule has 1 aromatic heterocycles. The van der Waals surface area contributed by atoms with Crippen LogP contribution in [-0.4, -0.2) is 16.0 Å². The largest absolute Gasteiger partial charge is 0.416 e. The summed E-state index contributed by atoms with van der Waals surface area (Å²) in [7, 11) is 0. The zero-order valence-electron chi connectivity index (χ0n) is 14.2. The lowest BCUT2D eigenvalue weighted by atomic mass is 10.2. The molecule has 0 aliphatic heterocycles. The second-order valence-electron chi connectivity index (χ2n) is 6.43. The van der Waals surface area contributed by atoms with Gasteiger partial charge in [-0.1, -0.05) is 6.92 Å². The van der Waals surface area contributed by atoms with Crippen LogP contribution < -0.4 is 10.6 Å². The molecule has 0 spiro atoms. The molecule has 1 aliphatic rings. The van der Waals surface area contributed by atoms with Gasteiger partial charge < -0.3 is 10.6 Å². The Balaban J connectivity index is 1.81. The van der Waals surface area contributed by atoms with E-state index < -0.39 is 11.7 Å². The van der Waals surface area contributed by atoms with E-state index in [-0.39, 0.29) is 6.04 Å². The summed E-state index contributed by atoms with van der Waals surface area (Å²) < 4.78 is 38.0. The molecule has 134 valence electrons. The van der Waals surface area contributed by atoms with E-state index in [0.29, 0.717) is 23.4 Å². The summed E-state index contributed by atoms with van der Waals surface area (Å²) >= 11 is 0. The number of nitrogens with one attached hydrogen (secondary N) is 2. The van der Waals surface area contributed by atoms with Crippen LogP contribution in [0.1, 0.15) is 50.3 Å². The molecule has 1 saturated carbocycles. The maximum atomic E-state index is 12.7. The number of hydrogen-bond donors (Lipinski definition) is 2. The number of nitrogens with zero attached hydrogens (tertiary/aromatic N) is 2. The molecule has 3 rings (SSSR count). The smallest absolute Gasteiger partial charge is 0.352 e. The van der Waals surface area contributed by atoms with Crippen LogP contribution in [0.15, 0.2) is 30.3 Å². The van der Waals surface area contributed by atoms with E-state index in [1.54, 1.807) is 0 Å². The Morgan fingerprint density at radius 2 is 1.84 bits per heavy atom. The molecule has 25 heavy (non-hydrogen) atoms. The third-order valence-corrected chi connectivity index (χ3v) is 4.21. The van der Waals surface area contributed by atoms with E-state index in [1.807, 2.05) is 6.07 Å². The zero-order valence-corrected chi connectivity index (χ0v) is 14.2. The molecule has 1 atom stereocenters. The molecule has 0 bridgehead atoms. The number of alkyl halides is 3. The molecule has 1 fully saturated rings. The number of rotatable bonds is 6. The fraction of sp³-hybridized carbons (Fsp3) is 0.444. The van der Waals surface area contributed by atoms with E-state index >= 15 is 0 Å². The highest BCUT2D eigenvalue weighted by molar-refractivity contribution is 5.58. The lowest BCUT2D eigenvalue weighted by molar-refractivity contribution is -0.137. The monoisotopic (exact) mass is 350 g/mol. The van der Waals surface area contributed by atoms with Crippen molar-refractivity contribution < 1.29 is 13.2 Å². The second-order valence-corrected chi connectivity index (χ2v) is 6.43. The molecular weight excluding hydrogens is 329 g/mol. The number of hydrogen-bond acceptors (Lipinski definition) is 4. The summed E-state index contributed by atoms with van der Waals surface area (Å²) in [6.07, 6.45) is -1.17. The molecule has 1 heterocycles. The molecule has 1 aliphatic carbocycles. The first-order valence-corrected chi connectivity index (χ1v) is 8.45. The van der Waals surface area contributed by atoms with Gasteiger partial charge in [-0.2, -0.15) is 18.2 Å². The Bertz CT molecular complexity index is 724. The van der Waals surface area contributed by atoms with Crippen molar-refractivity contribution in [2.75, 3.05) is 10.6 Å². The third-order valence-electron chi connectivity index (χ3n) is 4.21. The predicted octanol–water partition coefficient (Wildman–Crippen LogP) is 5.33. The summed E-state index contributed by atoms with van der Waals surface area (Å²) in [6, 6.07) is 7.05. The molecule has 2 N–H and O–H groups in total. The van der Waals surface area contributed by atoms with Crippen molar-refractivity contribution >= 4 is 17.5 Å². The van der Waals surface area contributed by atoms with E-state index in [9.17, 15) is 13.2 Å². The molecule has 0 amide bonds. The second kappa shape index (κ2) is 6.90. The quantitative estimate of drug-likeness (QED) is 0.740. The highest BCUT2D eigenvalue weighted by Gasteiger charge is 2.30. The lowest BCUT2D eigenvalue weighted by Gasteiger charge is -2.14. The number of halogens is 3. The fourth-order valence-electron chi connectivity index (χ4n) is 2.40. The average Bonchev–Trinajstić information content (AvgIpc) is 3.39. The van der Waals surface area contributed by atoms with E-state index in [1.165, 1.54) is 12.1 Å². The van der Waals surface area contributed by atoms with Crippen molar-refractivity contribution in [3.8, 4) is 0 Å². The Morgan fingerprint density at radius 1 is 1.16 bits per heavy atom. The molecule has 4 nitrogen and oxygen atoms in total. The van der Waals surface area contributed by atoms with Gasteiger partial charge in [0.25, 0.3) is 0 Å². The number of benzene rings is 1. The van der Waals surface area contributed by atoms with Crippen molar-refractivity contribution in [3.63, 3.8) is 0 Å². The maximum Gasteiger partial charge on any atom is 0.416 e. The highest BCUT2D eigenvalue weighted by atomic mass is 19.4. The van der Waals surface area contributed by atoms with Gasteiger partial charge >= 0.3 is 6.18 Å². The first-order chi connectivity index (χ1) is 11.8.